The highest BCUT2D eigenvalue weighted by Gasteiger charge is 2.19. The van der Waals surface area contributed by atoms with Crippen molar-refractivity contribution in [2.75, 3.05) is 0 Å². The Bertz CT molecular complexity index is 541. The van der Waals surface area contributed by atoms with Gasteiger partial charge >= 0.3 is 0 Å². The topological polar surface area (TPSA) is 12.4 Å². The van der Waals surface area contributed by atoms with Crippen molar-refractivity contribution in [1.29, 1.82) is 0 Å². The first-order chi connectivity index (χ1) is 8.81. The zero-order valence-electron chi connectivity index (χ0n) is 10.6. The predicted octanol–water partition coefficient (Wildman–Crippen LogP) is 3.58. The molecule has 0 fully saturated rings. The Balaban J connectivity index is 1.71. The van der Waals surface area contributed by atoms with Gasteiger partial charge in [-0.25, -0.2) is 0 Å². The van der Waals surface area contributed by atoms with Crippen LogP contribution in [-0.2, 0) is 12.8 Å². The predicted molar refractivity (Wildman–Crippen MR) is 76.4 cm³/mol. The molecule has 3 rings (SSSR count). The minimum absolute atomic E-state index is 0.420. The van der Waals surface area contributed by atoms with Gasteiger partial charge < -0.3 is 0 Å². The summed E-state index contributed by atoms with van der Waals surface area (Å²) in [6, 6.07) is 17.6. The molecule has 0 radical (unpaired) electrons. The molecule has 0 aliphatic heterocycles. The van der Waals surface area contributed by atoms with E-state index in [2.05, 4.69) is 55.5 Å². The third-order valence-corrected chi connectivity index (χ3v) is 3.54. The summed E-state index contributed by atoms with van der Waals surface area (Å²) in [6.07, 6.45) is 4.17. The highest BCUT2D eigenvalue weighted by Crippen LogP contribution is 2.23. The van der Waals surface area contributed by atoms with Gasteiger partial charge in [-0.2, -0.15) is 0 Å². The molecular weight excluding hydrogens is 218 g/mol. The van der Waals surface area contributed by atoms with Crippen molar-refractivity contribution in [3.8, 4) is 0 Å². The van der Waals surface area contributed by atoms with Crippen molar-refractivity contribution in [2.45, 2.75) is 25.8 Å². The Morgan fingerprint density at radius 3 is 2.17 bits per heavy atom. The van der Waals surface area contributed by atoms with Crippen LogP contribution >= 0.6 is 0 Å². The Hall–Kier alpha value is -1.89. The first-order valence-corrected chi connectivity index (χ1v) is 6.48. The largest absolute Gasteiger partial charge is 0.289 e. The molecule has 0 aromatic heterocycles. The van der Waals surface area contributed by atoms with E-state index in [1.165, 1.54) is 22.3 Å². The summed E-state index contributed by atoms with van der Waals surface area (Å²) < 4.78 is 0. The van der Waals surface area contributed by atoms with Crippen LogP contribution in [0.3, 0.4) is 0 Å². The van der Waals surface area contributed by atoms with E-state index in [4.69, 9.17) is 4.99 Å². The second kappa shape index (κ2) is 4.77. The molecule has 18 heavy (non-hydrogen) atoms. The highest BCUT2D eigenvalue weighted by molar-refractivity contribution is 5.79. The van der Waals surface area contributed by atoms with Crippen LogP contribution in [0.15, 0.2) is 53.5 Å². The number of hydrogen-bond donors (Lipinski definition) is 0. The minimum atomic E-state index is 0.420. The lowest BCUT2D eigenvalue weighted by molar-refractivity contribution is 0.727. The van der Waals surface area contributed by atoms with Crippen molar-refractivity contribution in [1.82, 2.24) is 0 Å². The molecule has 0 amide bonds. The van der Waals surface area contributed by atoms with Crippen LogP contribution in [0.4, 0.5) is 0 Å². The third-order valence-electron chi connectivity index (χ3n) is 3.54. The molecule has 0 saturated carbocycles. The quantitative estimate of drug-likeness (QED) is 0.705. The summed E-state index contributed by atoms with van der Waals surface area (Å²) in [5.41, 5.74) is 5.41. The van der Waals surface area contributed by atoms with Crippen LogP contribution in [-0.4, -0.2) is 12.3 Å². The molecule has 0 N–H and O–H groups in total. The molecule has 2 aromatic carbocycles. The Morgan fingerprint density at radius 2 is 1.56 bits per heavy atom. The summed E-state index contributed by atoms with van der Waals surface area (Å²) in [5.74, 6) is 0. The molecular formula is C17H17N. The molecule has 1 heteroatoms. The molecule has 0 bridgehead atoms. The van der Waals surface area contributed by atoms with Crippen LogP contribution in [0.5, 0.6) is 0 Å². The molecule has 0 heterocycles. The van der Waals surface area contributed by atoms with Gasteiger partial charge in [0.05, 0.1) is 6.04 Å². The van der Waals surface area contributed by atoms with Crippen LogP contribution in [0, 0.1) is 6.92 Å². The summed E-state index contributed by atoms with van der Waals surface area (Å²) in [7, 11) is 0. The molecule has 2 aromatic rings. The van der Waals surface area contributed by atoms with E-state index in [1.807, 2.05) is 6.21 Å². The van der Waals surface area contributed by atoms with Crippen LogP contribution in [0.25, 0.3) is 0 Å². The minimum Gasteiger partial charge on any atom is -0.289 e. The van der Waals surface area contributed by atoms with Gasteiger partial charge in [-0.05, 0) is 36.5 Å². The molecule has 0 atom stereocenters. The van der Waals surface area contributed by atoms with Crippen molar-refractivity contribution in [3.63, 3.8) is 0 Å². The van der Waals surface area contributed by atoms with Crippen LogP contribution in [0.1, 0.15) is 22.3 Å². The van der Waals surface area contributed by atoms with E-state index in [-0.39, 0.29) is 0 Å². The average molecular weight is 235 g/mol. The Labute approximate surface area is 108 Å². The zero-order chi connectivity index (χ0) is 12.4. The van der Waals surface area contributed by atoms with E-state index in [9.17, 15) is 0 Å². The van der Waals surface area contributed by atoms with E-state index in [0.29, 0.717) is 6.04 Å². The average Bonchev–Trinajstić information content (AvgIpc) is 2.81. The number of aliphatic imine (C=N–C) groups is 1. The summed E-state index contributed by atoms with van der Waals surface area (Å²) in [4.78, 5) is 4.71. The van der Waals surface area contributed by atoms with Gasteiger partial charge in [-0.15, -0.1) is 0 Å². The van der Waals surface area contributed by atoms with Crippen molar-refractivity contribution < 1.29 is 0 Å². The lowest BCUT2D eigenvalue weighted by atomic mass is 10.1. The number of rotatable bonds is 2. The number of benzene rings is 2. The molecule has 90 valence electrons. The van der Waals surface area contributed by atoms with Gasteiger partial charge in [0.1, 0.15) is 0 Å². The van der Waals surface area contributed by atoms with E-state index in [0.717, 1.165) is 12.8 Å². The molecule has 1 aliphatic rings. The molecule has 1 nitrogen and oxygen atoms in total. The molecule has 1 aliphatic carbocycles. The van der Waals surface area contributed by atoms with Crippen molar-refractivity contribution >= 4 is 6.21 Å². The first kappa shape index (κ1) is 11.2. The van der Waals surface area contributed by atoms with Gasteiger partial charge in [-0.3, -0.25) is 4.99 Å². The van der Waals surface area contributed by atoms with Crippen molar-refractivity contribution in [2.24, 2.45) is 4.99 Å². The second-order valence-electron chi connectivity index (χ2n) is 5.02. The number of fused-ring (bicyclic) bond motifs is 1. The second-order valence-corrected chi connectivity index (χ2v) is 5.02. The number of nitrogens with zero attached hydrogens (tertiary/aromatic N) is 1. The Morgan fingerprint density at radius 1 is 0.944 bits per heavy atom. The smallest absolute Gasteiger partial charge is 0.0580 e. The van der Waals surface area contributed by atoms with E-state index in [1.54, 1.807) is 0 Å². The Kier molecular flexibility index (Phi) is 2.97. The van der Waals surface area contributed by atoms with Crippen LogP contribution in [0.2, 0.25) is 0 Å². The summed E-state index contributed by atoms with van der Waals surface area (Å²) in [6.45, 7) is 2.11. The normalized spacial score (nSPS) is 15.2. The van der Waals surface area contributed by atoms with Crippen LogP contribution < -0.4 is 0 Å². The first-order valence-electron chi connectivity index (χ1n) is 6.48. The fourth-order valence-electron chi connectivity index (χ4n) is 2.49. The lowest BCUT2D eigenvalue weighted by Gasteiger charge is -2.01. The summed E-state index contributed by atoms with van der Waals surface area (Å²) in [5, 5.41) is 0. The third kappa shape index (κ3) is 2.35. The van der Waals surface area contributed by atoms with Gasteiger partial charge in [-0.1, -0.05) is 54.1 Å². The standard InChI is InChI=1S/C17H17N/c1-13-6-8-14(9-7-13)12-18-17-10-15-4-2-3-5-16(15)11-17/h2-9,12,17H,10-11H2,1H3. The van der Waals surface area contributed by atoms with Gasteiger partial charge in [0.2, 0.25) is 0 Å². The zero-order valence-corrected chi connectivity index (χ0v) is 10.6. The number of hydrogen-bond acceptors (Lipinski definition) is 1. The maximum Gasteiger partial charge on any atom is 0.0580 e. The highest BCUT2D eigenvalue weighted by atomic mass is 14.8. The van der Waals surface area contributed by atoms with Gasteiger partial charge in [0.25, 0.3) is 0 Å². The molecule has 0 saturated heterocycles. The fourth-order valence-corrected chi connectivity index (χ4v) is 2.49. The van der Waals surface area contributed by atoms with Gasteiger partial charge in [0, 0.05) is 6.21 Å². The maximum absolute atomic E-state index is 4.71. The lowest BCUT2D eigenvalue weighted by Crippen LogP contribution is -2.03. The monoisotopic (exact) mass is 235 g/mol. The van der Waals surface area contributed by atoms with E-state index < -0.39 is 0 Å². The fraction of sp³-hybridized carbons (Fsp3) is 0.235. The van der Waals surface area contributed by atoms with Crippen molar-refractivity contribution in [3.05, 3.63) is 70.8 Å². The SMILES string of the molecule is Cc1ccc(C=NC2Cc3ccccc3C2)cc1. The number of aryl methyl sites for hydroxylation is 1. The van der Waals surface area contributed by atoms with E-state index >= 15 is 0 Å². The summed E-state index contributed by atoms with van der Waals surface area (Å²) >= 11 is 0. The molecule has 0 spiro atoms. The molecule has 0 unspecified atom stereocenters. The van der Waals surface area contributed by atoms with Gasteiger partial charge in [0.15, 0.2) is 0 Å². The maximum atomic E-state index is 4.71.